The lowest BCUT2D eigenvalue weighted by atomic mass is 10.2. The molecule has 1 N–H and O–H groups in total. The summed E-state index contributed by atoms with van der Waals surface area (Å²) in [5, 5.41) is 0. The van der Waals surface area contributed by atoms with E-state index in [1.807, 2.05) is 0 Å². The number of hydrogen-bond acceptors (Lipinski definition) is 3. The molecule has 0 aliphatic rings. The Balaban J connectivity index is 2.03. The first-order chi connectivity index (χ1) is 9.38. The fourth-order valence-corrected chi connectivity index (χ4v) is 1.69. The molecule has 0 bridgehead atoms. The van der Waals surface area contributed by atoms with Crippen molar-refractivity contribution in [2.45, 2.75) is 19.1 Å². The minimum atomic E-state index is -4.49. The second-order valence-electron chi connectivity index (χ2n) is 4.19. The number of aromatic nitrogens is 2. The molecule has 0 aliphatic heterocycles. The largest absolute Gasteiger partial charge is 0.414 e. The van der Waals surface area contributed by atoms with Gasteiger partial charge in [-0.15, -0.1) is 0 Å². The predicted molar refractivity (Wildman–Crippen MR) is 64.6 cm³/mol. The van der Waals surface area contributed by atoms with Crippen molar-refractivity contribution in [2.24, 2.45) is 0 Å². The molecule has 0 spiro atoms. The van der Waals surface area contributed by atoms with Gasteiger partial charge in [0.15, 0.2) is 6.61 Å². The van der Waals surface area contributed by atoms with Crippen LogP contribution in [0.2, 0.25) is 0 Å². The number of halogens is 3. The lowest BCUT2D eigenvalue weighted by Crippen LogP contribution is -2.34. The van der Waals surface area contributed by atoms with Crippen LogP contribution in [0.3, 0.4) is 0 Å². The van der Waals surface area contributed by atoms with Gasteiger partial charge >= 0.3 is 6.18 Å². The first-order valence-electron chi connectivity index (χ1n) is 5.78. The summed E-state index contributed by atoms with van der Waals surface area (Å²) < 4.78 is 37.2. The van der Waals surface area contributed by atoms with Crippen LogP contribution in [0.5, 0.6) is 0 Å². The molecule has 1 amide bonds. The second-order valence-corrected chi connectivity index (χ2v) is 4.19. The topological polar surface area (TPSA) is 56.1 Å². The summed E-state index contributed by atoms with van der Waals surface area (Å²) in [6.45, 7) is 0.0105. The van der Waals surface area contributed by atoms with E-state index in [1.54, 1.807) is 41.2 Å². The maximum absolute atomic E-state index is 11.9. The van der Waals surface area contributed by atoms with Crippen molar-refractivity contribution in [1.29, 1.82) is 0 Å². The van der Waals surface area contributed by atoms with Gasteiger partial charge in [-0.05, 0) is 19.1 Å². The highest BCUT2D eigenvalue weighted by Crippen LogP contribution is 2.18. The third-order valence-corrected chi connectivity index (χ3v) is 2.69. The Morgan fingerprint density at radius 2 is 2.15 bits per heavy atom. The summed E-state index contributed by atoms with van der Waals surface area (Å²) in [5.41, 5.74) is 3.20. The summed E-state index contributed by atoms with van der Waals surface area (Å²) >= 11 is 0. The van der Waals surface area contributed by atoms with Gasteiger partial charge in [0.2, 0.25) is 0 Å². The van der Waals surface area contributed by atoms with E-state index >= 15 is 0 Å². The minimum Gasteiger partial charge on any atom is -0.318 e. The molecule has 1 aromatic heterocycles. The molecular formula is C12H12F3N3O2. The number of imidazole rings is 1. The van der Waals surface area contributed by atoms with Crippen LogP contribution in [0.1, 0.15) is 13.0 Å². The summed E-state index contributed by atoms with van der Waals surface area (Å²) in [5.74, 6) is -0.683. The fourth-order valence-electron chi connectivity index (χ4n) is 1.69. The molecule has 1 heterocycles. The first kappa shape index (κ1) is 14.3. The van der Waals surface area contributed by atoms with E-state index in [0.29, 0.717) is 11.0 Å². The molecule has 1 aromatic carbocycles. The number of carbonyl (C=O) groups excluding carboxylic acids is 1. The van der Waals surface area contributed by atoms with Crippen molar-refractivity contribution in [3.63, 3.8) is 0 Å². The summed E-state index contributed by atoms with van der Waals surface area (Å²) in [6.07, 6.45) is -3.03. The number of fused-ring (bicyclic) bond motifs is 1. The Bertz CT molecular complexity index is 609. The molecule has 0 fully saturated rings. The zero-order valence-electron chi connectivity index (χ0n) is 10.5. The zero-order valence-corrected chi connectivity index (χ0v) is 10.5. The van der Waals surface area contributed by atoms with E-state index in [-0.39, 0.29) is 0 Å². The molecule has 1 atom stereocenters. The van der Waals surface area contributed by atoms with Crippen LogP contribution >= 0.6 is 0 Å². The maximum atomic E-state index is 11.9. The number of hydroxylamine groups is 1. The number of hydrogen-bond donors (Lipinski definition) is 1. The van der Waals surface area contributed by atoms with Crippen LogP contribution < -0.4 is 5.48 Å². The lowest BCUT2D eigenvalue weighted by Gasteiger charge is -2.15. The molecule has 2 aromatic rings. The molecule has 8 heteroatoms. The van der Waals surface area contributed by atoms with Crippen LogP contribution in [0.4, 0.5) is 13.2 Å². The average molecular weight is 287 g/mol. The monoisotopic (exact) mass is 287 g/mol. The first-order valence-corrected chi connectivity index (χ1v) is 5.78. The Morgan fingerprint density at radius 3 is 2.85 bits per heavy atom. The number of para-hydroxylation sites is 2. The van der Waals surface area contributed by atoms with Gasteiger partial charge in [-0.1, -0.05) is 12.1 Å². The van der Waals surface area contributed by atoms with Crippen molar-refractivity contribution in [3.8, 4) is 0 Å². The summed E-state index contributed by atoms with van der Waals surface area (Å²) in [7, 11) is 0. The van der Waals surface area contributed by atoms with Gasteiger partial charge in [-0.3, -0.25) is 9.63 Å². The molecule has 0 saturated carbocycles. The fraction of sp³-hybridized carbons (Fsp3) is 0.333. The van der Waals surface area contributed by atoms with Gasteiger partial charge in [0.25, 0.3) is 5.91 Å². The van der Waals surface area contributed by atoms with Crippen molar-refractivity contribution in [3.05, 3.63) is 30.6 Å². The zero-order chi connectivity index (χ0) is 14.8. The normalized spacial score (nSPS) is 13.4. The van der Waals surface area contributed by atoms with Gasteiger partial charge < -0.3 is 4.57 Å². The van der Waals surface area contributed by atoms with Crippen molar-refractivity contribution >= 4 is 16.9 Å². The van der Waals surface area contributed by atoms with Crippen molar-refractivity contribution in [2.75, 3.05) is 6.61 Å². The molecule has 0 aliphatic carbocycles. The number of amides is 1. The minimum absolute atomic E-state index is 0.683. The van der Waals surface area contributed by atoms with E-state index < -0.39 is 24.7 Å². The molecule has 0 saturated heterocycles. The standard InChI is InChI=1S/C12H12F3N3O2/c1-8(11(19)17-20-6-12(13,14)15)18-7-16-9-4-2-3-5-10(9)18/h2-5,7-8H,6H2,1H3,(H,17,19). The van der Waals surface area contributed by atoms with Crippen LogP contribution in [-0.2, 0) is 9.63 Å². The Hall–Kier alpha value is -2.09. The smallest absolute Gasteiger partial charge is 0.318 e. The van der Waals surface area contributed by atoms with Gasteiger partial charge in [-0.25, -0.2) is 10.5 Å². The summed E-state index contributed by atoms with van der Waals surface area (Å²) in [4.78, 5) is 20.0. The number of nitrogens with zero attached hydrogens (tertiary/aromatic N) is 2. The van der Waals surface area contributed by atoms with Crippen LogP contribution in [0, 0.1) is 0 Å². The number of alkyl halides is 3. The molecule has 5 nitrogen and oxygen atoms in total. The predicted octanol–water partition coefficient (Wildman–Crippen LogP) is 2.21. The lowest BCUT2D eigenvalue weighted by molar-refractivity contribution is -0.192. The quantitative estimate of drug-likeness (QED) is 0.877. The number of nitrogens with one attached hydrogen (secondary N) is 1. The molecule has 0 radical (unpaired) electrons. The number of benzene rings is 1. The second kappa shape index (κ2) is 5.49. The highest BCUT2D eigenvalue weighted by atomic mass is 19.4. The van der Waals surface area contributed by atoms with Crippen LogP contribution in [-0.4, -0.2) is 28.2 Å². The van der Waals surface area contributed by atoms with Crippen molar-refractivity contribution in [1.82, 2.24) is 15.0 Å². The number of rotatable bonds is 4. The maximum Gasteiger partial charge on any atom is 0.414 e. The molecule has 1 unspecified atom stereocenters. The average Bonchev–Trinajstić information content (AvgIpc) is 2.80. The third kappa shape index (κ3) is 3.27. The Morgan fingerprint density at radius 1 is 1.45 bits per heavy atom. The summed E-state index contributed by atoms with van der Waals surface area (Å²) in [6, 6.07) is 6.39. The van der Waals surface area contributed by atoms with Gasteiger partial charge in [0, 0.05) is 0 Å². The Labute approximate surface area is 112 Å². The van der Waals surface area contributed by atoms with E-state index in [2.05, 4.69) is 9.82 Å². The highest BCUT2D eigenvalue weighted by Gasteiger charge is 2.28. The number of carbonyl (C=O) groups is 1. The highest BCUT2D eigenvalue weighted by molar-refractivity contribution is 5.82. The van der Waals surface area contributed by atoms with Gasteiger partial charge in [0.05, 0.1) is 17.4 Å². The van der Waals surface area contributed by atoms with E-state index in [0.717, 1.165) is 0 Å². The Kier molecular flexibility index (Phi) is 3.93. The third-order valence-electron chi connectivity index (χ3n) is 2.69. The van der Waals surface area contributed by atoms with E-state index in [4.69, 9.17) is 0 Å². The van der Waals surface area contributed by atoms with E-state index in [9.17, 15) is 18.0 Å². The van der Waals surface area contributed by atoms with Gasteiger partial charge in [-0.2, -0.15) is 13.2 Å². The van der Waals surface area contributed by atoms with Crippen molar-refractivity contribution < 1.29 is 22.8 Å². The molecule has 2 rings (SSSR count). The SMILES string of the molecule is CC(C(=O)NOCC(F)(F)F)n1cnc2ccccc21. The van der Waals surface area contributed by atoms with Crippen LogP contribution in [0.15, 0.2) is 30.6 Å². The van der Waals surface area contributed by atoms with Gasteiger partial charge in [0.1, 0.15) is 6.04 Å². The van der Waals surface area contributed by atoms with E-state index in [1.165, 1.54) is 6.33 Å². The van der Waals surface area contributed by atoms with Crippen LogP contribution in [0.25, 0.3) is 11.0 Å². The molecular weight excluding hydrogens is 275 g/mol. The molecule has 20 heavy (non-hydrogen) atoms. The molecule has 108 valence electrons.